The molecule has 0 amide bonds. The van der Waals surface area contributed by atoms with Crippen LogP contribution in [0.1, 0.15) is 71.1 Å². The molecule has 0 saturated carbocycles. The van der Waals surface area contributed by atoms with E-state index in [9.17, 15) is 9.90 Å². The second kappa shape index (κ2) is 17.5. The smallest absolute Gasteiger partial charge is 0.342 e. The molecular weight excluding hydrogens is 304 g/mol. The van der Waals surface area contributed by atoms with Crippen LogP contribution in [0.2, 0.25) is 0 Å². The Bertz CT molecular complexity index is 419. The fraction of sp³-hybridized carbons (Fsp3) is 0.550. The van der Waals surface area contributed by atoms with Gasteiger partial charge in [0.15, 0.2) is 0 Å². The lowest BCUT2D eigenvalue weighted by molar-refractivity contribution is -0.234. The molecule has 0 aliphatic heterocycles. The predicted octanol–water partition coefficient (Wildman–Crippen LogP) is 6.03. The maximum absolute atomic E-state index is 10.7. The second-order valence-electron chi connectivity index (χ2n) is 5.63. The molecule has 0 saturated heterocycles. The third kappa shape index (κ3) is 16.6. The van der Waals surface area contributed by atoms with Gasteiger partial charge in [0.2, 0.25) is 0 Å². The summed E-state index contributed by atoms with van der Waals surface area (Å²) in [6, 6.07) is 0. The summed E-state index contributed by atoms with van der Waals surface area (Å²) in [5.41, 5.74) is 0. The van der Waals surface area contributed by atoms with Crippen LogP contribution in [0.4, 0.5) is 0 Å². The Morgan fingerprint density at radius 2 is 1.50 bits per heavy atom. The molecule has 0 radical (unpaired) electrons. The van der Waals surface area contributed by atoms with Gasteiger partial charge in [0.1, 0.15) is 0 Å². The Morgan fingerprint density at radius 1 is 0.875 bits per heavy atom. The van der Waals surface area contributed by atoms with E-state index in [2.05, 4.69) is 42.2 Å². The number of rotatable bonds is 14. The first kappa shape index (κ1) is 22.2. The largest absolute Gasteiger partial charge is 0.513 e. The van der Waals surface area contributed by atoms with Crippen molar-refractivity contribution in [3.05, 3.63) is 48.3 Å². The van der Waals surface area contributed by atoms with Crippen LogP contribution < -0.4 is 0 Å². The molecule has 0 unspecified atom stereocenters. The van der Waals surface area contributed by atoms with Gasteiger partial charge in [-0.2, -0.15) is 5.26 Å². The van der Waals surface area contributed by atoms with Crippen LogP contribution in [0.3, 0.4) is 0 Å². The molecular formula is C20H32O4. The standard InChI is InChI=1S/C20H32O4/c1-2-3-13-16-19(21)17-14-11-9-7-5-4-6-8-10-12-15-18-20(22)24-23/h4-5,8-11,17,21,23H,2-3,6-7,12-16,18H2,1H3/b5-4-,10-8-,11-9-,19-17+. The van der Waals surface area contributed by atoms with E-state index in [0.717, 1.165) is 38.5 Å². The van der Waals surface area contributed by atoms with Crippen LogP contribution in [0, 0.1) is 0 Å². The van der Waals surface area contributed by atoms with E-state index < -0.39 is 5.97 Å². The van der Waals surface area contributed by atoms with Gasteiger partial charge in [0, 0.05) is 12.8 Å². The average molecular weight is 336 g/mol. The Balaban J connectivity index is 3.57. The van der Waals surface area contributed by atoms with Crippen LogP contribution in [0.5, 0.6) is 0 Å². The summed E-state index contributed by atoms with van der Waals surface area (Å²) in [7, 11) is 0. The molecule has 0 atom stereocenters. The van der Waals surface area contributed by atoms with Gasteiger partial charge in [-0.25, -0.2) is 4.79 Å². The number of aliphatic hydroxyl groups excluding tert-OH is 1. The van der Waals surface area contributed by atoms with E-state index in [-0.39, 0.29) is 6.42 Å². The minimum absolute atomic E-state index is 0.240. The van der Waals surface area contributed by atoms with Crippen molar-refractivity contribution in [2.75, 3.05) is 0 Å². The van der Waals surface area contributed by atoms with Gasteiger partial charge in [-0.3, -0.25) is 0 Å². The topological polar surface area (TPSA) is 66.8 Å². The highest BCUT2D eigenvalue weighted by Gasteiger charge is 1.98. The van der Waals surface area contributed by atoms with Gasteiger partial charge >= 0.3 is 5.97 Å². The number of allylic oxidation sites excluding steroid dienone is 8. The second-order valence-corrected chi connectivity index (χ2v) is 5.63. The van der Waals surface area contributed by atoms with Gasteiger partial charge in [-0.15, -0.1) is 0 Å². The molecule has 0 heterocycles. The van der Waals surface area contributed by atoms with E-state index >= 15 is 0 Å². The fourth-order valence-corrected chi connectivity index (χ4v) is 2.03. The van der Waals surface area contributed by atoms with Crippen molar-refractivity contribution in [3.8, 4) is 0 Å². The van der Waals surface area contributed by atoms with Crippen molar-refractivity contribution in [1.29, 1.82) is 0 Å². The molecule has 0 rings (SSSR count). The van der Waals surface area contributed by atoms with Gasteiger partial charge in [0.25, 0.3) is 0 Å². The number of hydrogen-bond acceptors (Lipinski definition) is 4. The average Bonchev–Trinajstić information content (AvgIpc) is 2.58. The van der Waals surface area contributed by atoms with Crippen LogP contribution >= 0.6 is 0 Å². The summed E-state index contributed by atoms with van der Waals surface area (Å²) >= 11 is 0. The van der Waals surface area contributed by atoms with E-state index in [1.807, 2.05) is 12.2 Å². The first-order chi connectivity index (χ1) is 11.7. The highest BCUT2D eigenvalue weighted by Crippen LogP contribution is 2.07. The number of carbonyl (C=O) groups is 1. The zero-order valence-electron chi connectivity index (χ0n) is 14.8. The molecule has 0 fully saturated rings. The molecule has 136 valence electrons. The highest BCUT2D eigenvalue weighted by molar-refractivity contribution is 5.68. The monoisotopic (exact) mass is 336 g/mol. The molecule has 0 aromatic rings. The molecule has 0 bridgehead atoms. The molecule has 0 aromatic heterocycles. The summed E-state index contributed by atoms with van der Waals surface area (Å²) < 4.78 is 0. The van der Waals surface area contributed by atoms with Crippen LogP contribution in [-0.4, -0.2) is 16.3 Å². The van der Waals surface area contributed by atoms with Crippen molar-refractivity contribution in [2.45, 2.75) is 71.1 Å². The molecule has 2 N–H and O–H groups in total. The maximum Gasteiger partial charge on any atom is 0.342 e. The fourth-order valence-electron chi connectivity index (χ4n) is 2.03. The third-order valence-electron chi connectivity index (χ3n) is 3.42. The lowest BCUT2D eigenvalue weighted by atomic mass is 10.1. The Hall–Kier alpha value is -1.81. The van der Waals surface area contributed by atoms with Crippen molar-refractivity contribution in [3.63, 3.8) is 0 Å². The number of aliphatic hydroxyl groups is 1. The summed E-state index contributed by atoms with van der Waals surface area (Å²) in [6.07, 6.45) is 22.8. The number of unbranched alkanes of at least 4 members (excludes halogenated alkanes) is 3. The molecule has 4 heteroatoms. The van der Waals surface area contributed by atoms with E-state index in [0.29, 0.717) is 12.2 Å². The van der Waals surface area contributed by atoms with Gasteiger partial charge < -0.3 is 9.99 Å². The Kier molecular flexibility index (Phi) is 16.2. The molecule has 0 aromatic carbocycles. The summed E-state index contributed by atoms with van der Waals surface area (Å²) in [4.78, 5) is 14.2. The number of carbonyl (C=O) groups excluding carboxylic acids is 1. The van der Waals surface area contributed by atoms with Gasteiger partial charge in [0.05, 0.1) is 5.76 Å². The van der Waals surface area contributed by atoms with Crippen molar-refractivity contribution in [1.82, 2.24) is 0 Å². The first-order valence-corrected chi connectivity index (χ1v) is 8.88. The molecule has 0 spiro atoms. The highest BCUT2D eigenvalue weighted by atomic mass is 17.1. The van der Waals surface area contributed by atoms with Crippen LogP contribution in [0.15, 0.2) is 48.3 Å². The van der Waals surface area contributed by atoms with E-state index in [1.54, 1.807) is 0 Å². The Morgan fingerprint density at radius 3 is 2.12 bits per heavy atom. The van der Waals surface area contributed by atoms with Gasteiger partial charge in [-0.1, -0.05) is 56.2 Å². The lowest BCUT2D eigenvalue weighted by Crippen LogP contribution is -1.99. The zero-order chi connectivity index (χ0) is 17.9. The lowest BCUT2D eigenvalue weighted by Gasteiger charge is -1.97. The van der Waals surface area contributed by atoms with Crippen molar-refractivity contribution >= 4 is 5.97 Å². The zero-order valence-corrected chi connectivity index (χ0v) is 14.8. The Labute approximate surface area is 146 Å². The van der Waals surface area contributed by atoms with Crippen molar-refractivity contribution < 1.29 is 20.0 Å². The predicted molar refractivity (Wildman–Crippen MR) is 98.7 cm³/mol. The SMILES string of the molecule is CCCCC/C(O)=C\C/C=C\C/C=C\C/C=C\CCCC(=O)OO. The minimum atomic E-state index is -0.584. The minimum Gasteiger partial charge on any atom is -0.513 e. The van der Waals surface area contributed by atoms with Crippen LogP contribution in [-0.2, 0) is 9.68 Å². The molecule has 0 aliphatic rings. The number of hydrogen-bond donors (Lipinski definition) is 2. The summed E-state index contributed by atoms with van der Waals surface area (Å²) in [5.74, 6) is -0.0831. The molecule has 4 nitrogen and oxygen atoms in total. The third-order valence-corrected chi connectivity index (χ3v) is 3.42. The summed E-state index contributed by atoms with van der Waals surface area (Å²) in [6.45, 7) is 2.16. The van der Waals surface area contributed by atoms with Gasteiger partial charge in [-0.05, 0) is 44.6 Å². The molecule has 0 aliphatic carbocycles. The molecule has 24 heavy (non-hydrogen) atoms. The first-order valence-electron chi connectivity index (χ1n) is 8.88. The maximum atomic E-state index is 10.7. The van der Waals surface area contributed by atoms with Crippen molar-refractivity contribution in [2.24, 2.45) is 0 Å². The normalized spacial score (nSPS) is 12.7. The quantitative estimate of drug-likeness (QED) is 0.133. The van der Waals surface area contributed by atoms with Crippen LogP contribution in [0.25, 0.3) is 0 Å². The van der Waals surface area contributed by atoms with E-state index in [1.165, 1.54) is 12.8 Å². The van der Waals surface area contributed by atoms with E-state index in [4.69, 9.17) is 5.26 Å². The summed E-state index contributed by atoms with van der Waals surface area (Å²) in [5, 5.41) is 17.7.